The summed E-state index contributed by atoms with van der Waals surface area (Å²) in [6.45, 7) is 12.0. The number of ether oxygens (including phenoxy) is 2. The fourth-order valence-electron chi connectivity index (χ4n) is 4.56. The Morgan fingerprint density at radius 2 is 1.68 bits per heavy atom. The SMILES string of the molecule is C=C/C=C\C1=C(C)C=CC(C=C)=C(c2c(C)c3ccc4c(c3n2C)Oc2ccccc2C=C4)O1. The third-order valence-corrected chi connectivity index (χ3v) is 6.36. The van der Waals surface area contributed by atoms with E-state index in [0.717, 1.165) is 67.5 Å². The van der Waals surface area contributed by atoms with Crippen molar-refractivity contribution in [1.29, 1.82) is 0 Å². The number of aromatic nitrogens is 1. The van der Waals surface area contributed by atoms with E-state index in [-0.39, 0.29) is 0 Å². The molecule has 0 aliphatic carbocycles. The molecule has 2 aliphatic rings. The Hall–Kier alpha value is -4.24. The lowest BCUT2D eigenvalue weighted by Crippen LogP contribution is -2.03. The molecule has 5 rings (SSSR count). The van der Waals surface area contributed by atoms with Crippen LogP contribution in [-0.4, -0.2) is 4.57 Å². The van der Waals surface area contributed by atoms with Crippen molar-refractivity contribution in [3.63, 3.8) is 0 Å². The van der Waals surface area contributed by atoms with E-state index in [4.69, 9.17) is 9.47 Å². The van der Waals surface area contributed by atoms with Gasteiger partial charge in [0.1, 0.15) is 11.5 Å². The first kappa shape index (κ1) is 21.6. The second-order valence-corrected chi connectivity index (χ2v) is 8.45. The number of benzene rings is 2. The van der Waals surface area contributed by atoms with Crippen LogP contribution in [0.4, 0.5) is 0 Å². The number of fused-ring (bicyclic) bond motifs is 4. The number of nitrogens with zero attached hydrogens (tertiary/aromatic N) is 1. The molecule has 3 nitrogen and oxygen atoms in total. The third kappa shape index (κ3) is 3.46. The molecule has 3 heteroatoms. The zero-order chi connectivity index (χ0) is 23.8. The van der Waals surface area contributed by atoms with E-state index in [1.807, 2.05) is 43.4 Å². The minimum Gasteiger partial charge on any atom is -0.454 e. The normalized spacial score (nSPS) is 15.0. The highest BCUT2D eigenvalue weighted by Gasteiger charge is 2.25. The van der Waals surface area contributed by atoms with Crippen LogP contribution >= 0.6 is 0 Å². The average molecular weight is 446 g/mol. The zero-order valence-corrected chi connectivity index (χ0v) is 19.8. The van der Waals surface area contributed by atoms with E-state index in [2.05, 4.69) is 74.2 Å². The highest BCUT2D eigenvalue weighted by atomic mass is 16.5. The molecule has 0 unspecified atom stereocenters. The summed E-state index contributed by atoms with van der Waals surface area (Å²) in [5.41, 5.74) is 7.21. The number of hydrogen-bond acceptors (Lipinski definition) is 2. The molecular formula is C31H27NO2. The van der Waals surface area contributed by atoms with Crippen molar-refractivity contribution in [1.82, 2.24) is 4.57 Å². The van der Waals surface area contributed by atoms with Gasteiger partial charge in [-0.25, -0.2) is 0 Å². The summed E-state index contributed by atoms with van der Waals surface area (Å²) in [6, 6.07) is 12.4. The van der Waals surface area contributed by atoms with E-state index in [0.29, 0.717) is 0 Å². The smallest absolute Gasteiger partial charge is 0.158 e. The van der Waals surface area contributed by atoms with Crippen LogP contribution in [0, 0.1) is 6.92 Å². The van der Waals surface area contributed by atoms with Crippen LogP contribution in [0.5, 0.6) is 11.5 Å². The van der Waals surface area contributed by atoms with Crippen LogP contribution in [-0.2, 0) is 11.8 Å². The predicted octanol–water partition coefficient (Wildman–Crippen LogP) is 8.26. The highest BCUT2D eigenvalue weighted by Crippen LogP contribution is 2.43. The van der Waals surface area contributed by atoms with Gasteiger partial charge in [-0.1, -0.05) is 86.0 Å². The van der Waals surface area contributed by atoms with Crippen molar-refractivity contribution in [2.45, 2.75) is 13.8 Å². The monoisotopic (exact) mass is 445 g/mol. The summed E-state index contributed by atoms with van der Waals surface area (Å²) in [6.07, 6.45) is 15.7. The van der Waals surface area contributed by atoms with E-state index < -0.39 is 0 Å². The molecule has 0 bridgehead atoms. The fraction of sp³-hybridized carbons (Fsp3) is 0.0968. The van der Waals surface area contributed by atoms with Gasteiger partial charge in [-0.15, -0.1) is 0 Å². The molecular weight excluding hydrogens is 418 g/mol. The first-order valence-electron chi connectivity index (χ1n) is 11.3. The van der Waals surface area contributed by atoms with Gasteiger partial charge in [-0.05, 0) is 37.1 Å². The van der Waals surface area contributed by atoms with Crippen LogP contribution < -0.4 is 4.74 Å². The summed E-state index contributed by atoms with van der Waals surface area (Å²) in [7, 11) is 2.07. The fourth-order valence-corrected chi connectivity index (χ4v) is 4.56. The average Bonchev–Trinajstić information content (AvgIpc) is 2.98. The molecule has 3 aromatic rings. The van der Waals surface area contributed by atoms with Gasteiger partial charge in [-0.3, -0.25) is 0 Å². The summed E-state index contributed by atoms with van der Waals surface area (Å²) >= 11 is 0. The van der Waals surface area contributed by atoms with Crippen molar-refractivity contribution in [2.24, 2.45) is 7.05 Å². The van der Waals surface area contributed by atoms with Crippen molar-refractivity contribution in [3.05, 3.63) is 125 Å². The molecule has 1 aromatic heterocycles. The molecule has 0 fully saturated rings. The van der Waals surface area contributed by atoms with Gasteiger partial charge >= 0.3 is 0 Å². The Balaban J connectivity index is 1.74. The van der Waals surface area contributed by atoms with Crippen molar-refractivity contribution >= 4 is 28.8 Å². The maximum atomic E-state index is 6.55. The van der Waals surface area contributed by atoms with Gasteiger partial charge in [0.05, 0.1) is 11.2 Å². The predicted molar refractivity (Wildman–Crippen MR) is 142 cm³/mol. The van der Waals surface area contributed by atoms with Crippen LogP contribution in [0.25, 0.3) is 28.8 Å². The second kappa shape index (κ2) is 8.60. The van der Waals surface area contributed by atoms with Gasteiger partial charge in [-0.2, -0.15) is 0 Å². The van der Waals surface area contributed by atoms with Gasteiger partial charge in [0.15, 0.2) is 11.5 Å². The lowest BCUT2D eigenvalue weighted by atomic mass is 10.1. The Kier molecular flexibility index (Phi) is 5.46. The molecule has 0 atom stereocenters. The van der Waals surface area contributed by atoms with Crippen LogP contribution in [0.3, 0.4) is 0 Å². The van der Waals surface area contributed by atoms with Crippen LogP contribution in [0.15, 0.2) is 103 Å². The Bertz CT molecular complexity index is 1500. The standard InChI is InChI=1S/C31H27NO2/c1-6-8-12-26-20(3)14-15-22(7-2)30(33-26)28-21(4)25-19-18-24-17-16-23-11-9-10-13-27(23)34-31(24)29(25)32(28)5/h6-19H,1-2H2,3-5H3/b12-8-. The van der Waals surface area contributed by atoms with Gasteiger partial charge in [0, 0.05) is 29.1 Å². The third-order valence-electron chi connectivity index (χ3n) is 6.36. The Morgan fingerprint density at radius 3 is 2.47 bits per heavy atom. The molecule has 2 aromatic carbocycles. The number of aryl methyl sites for hydroxylation is 2. The summed E-state index contributed by atoms with van der Waals surface area (Å²) in [4.78, 5) is 0. The summed E-state index contributed by atoms with van der Waals surface area (Å²) in [5, 5.41) is 1.13. The number of allylic oxidation sites excluding steroid dienone is 8. The van der Waals surface area contributed by atoms with Crippen molar-refractivity contribution < 1.29 is 9.47 Å². The molecule has 0 saturated carbocycles. The Labute approximate surface area is 200 Å². The molecule has 168 valence electrons. The minimum atomic E-state index is 0.765. The van der Waals surface area contributed by atoms with Crippen LogP contribution in [0.1, 0.15) is 29.3 Å². The van der Waals surface area contributed by atoms with Gasteiger partial charge in [0.2, 0.25) is 0 Å². The second-order valence-electron chi connectivity index (χ2n) is 8.45. The van der Waals surface area contributed by atoms with E-state index in [1.54, 1.807) is 6.08 Å². The first-order valence-corrected chi connectivity index (χ1v) is 11.3. The van der Waals surface area contributed by atoms with Crippen LogP contribution in [0.2, 0.25) is 0 Å². The maximum absolute atomic E-state index is 6.55. The largest absolute Gasteiger partial charge is 0.454 e. The van der Waals surface area contributed by atoms with E-state index in [9.17, 15) is 0 Å². The number of rotatable bonds is 4. The molecule has 0 amide bonds. The summed E-state index contributed by atoms with van der Waals surface area (Å²) in [5.74, 6) is 3.24. The lowest BCUT2D eigenvalue weighted by Gasteiger charge is -2.16. The molecule has 3 heterocycles. The lowest BCUT2D eigenvalue weighted by molar-refractivity contribution is 0.391. The number of para-hydroxylation sites is 1. The van der Waals surface area contributed by atoms with E-state index >= 15 is 0 Å². The minimum absolute atomic E-state index is 0.765. The molecule has 0 N–H and O–H groups in total. The van der Waals surface area contributed by atoms with E-state index in [1.165, 1.54) is 0 Å². The molecule has 0 radical (unpaired) electrons. The van der Waals surface area contributed by atoms with Crippen molar-refractivity contribution in [3.8, 4) is 11.5 Å². The maximum Gasteiger partial charge on any atom is 0.158 e. The first-order chi connectivity index (χ1) is 16.5. The quantitative estimate of drug-likeness (QED) is 0.295. The highest BCUT2D eigenvalue weighted by molar-refractivity contribution is 5.98. The summed E-state index contributed by atoms with van der Waals surface area (Å²) < 4.78 is 15.2. The molecule has 0 spiro atoms. The van der Waals surface area contributed by atoms with Gasteiger partial charge in [0.25, 0.3) is 0 Å². The molecule has 34 heavy (non-hydrogen) atoms. The van der Waals surface area contributed by atoms with Gasteiger partial charge < -0.3 is 14.0 Å². The zero-order valence-electron chi connectivity index (χ0n) is 19.8. The topological polar surface area (TPSA) is 23.4 Å². The van der Waals surface area contributed by atoms with Crippen molar-refractivity contribution in [2.75, 3.05) is 0 Å². The Morgan fingerprint density at radius 1 is 0.882 bits per heavy atom. The number of hydrogen-bond donors (Lipinski definition) is 0. The molecule has 0 saturated heterocycles. The molecule has 2 aliphatic heterocycles.